The van der Waals surface area contributed by atoms with Crippen LogP contribution in [0, 0.1) is 5.82 Å². The van der Waals surface area contributed by atoms with Crippen LogP contribution in [-0.4, -0.2) is 17.1 Å². The minimum Gasteiger partial charge on any atom is -0.497 e. The van der Waals surface area contributed by atoms with Crippen LogP contribution in [0.2, 0.25) is 0 Å². The van der Waals surface area contributed by atoms with Gasteiger partial charge in [0.25, 0.3) is 0 Å². The zero-order valence-corrected chi connectivity index (χ0v) is 8.12. The van der Waals surface area contributed by atoms with Gasteiger partial charge in [-0.1, -0.05) is 0 Å². The summed E-state index contributed by atoms with van der Waals surface area (Å²) >= 11 is 0. The number of imidazole rings is 1. The Labute approximate surface area is 85.9 Å². The maximum absolute atomic E-state index is 13.6. The van der Waals surface area contributed by atoms with Gasteiger partial charge >= 0.3 is 0 Å². The maximum Gasteiger partial charge on any atom is 0.197 e. The fraction of sp³-hybridized carbons (Fsp3) is 0.100. The number of nitrogens with zero attached hydrogens (tertiary/aromatic N) is 1. The molecule has 2 aromatic rings. The summed E-state index contributed by atoms with van der Waals surface area (Å²) in [6.07, 6.45) is 1.49. The second-order valence-corrected chi connectivity index (χ2v) is 3.03. The van der Waals surface area contributed by atoms with E-state index in [4.69, 9.17) is 10.5 Å². The average molecular weight is 207 g/mol. The lowest BCUT2D eigenvalue weighted by Crippen LogP contribution is -1.89. The molecule has 0 aliphatic rings. The van der Waals surface area contributed by atoms with E-state index in [1.165, 1.54) is 19.4 Å². The van der Waals surface area contributed by atoms with Crippen molar-refractivity contribution in [1.82, 2.24) is 9.97 Å². The second kappa shape index (κ2) is 3.61. The van der Waals surface area contributed by atoms with E-state index in [9.17, 15) is 4.39 Å². The van der Waals surface area contributed by atoms with Crippen molar-refractivity contribution < 1.29 is 9.13 Å². The normalized spacial score (nSPS) is 10.3. The van der Waals surface area contributed by atoms with Crippen LogP contribution in [0.4, 0.5) is 10.3 Å². The molecular formula is C10H10FN3O. The highest BCUT2D eigenvalue weighted by Crippen LogP contribution is 2.24. The molecule has 2 rings (SSSR count). The number of H-pyrrole nitrogens is 1. The van der Waals surface area contributed by atoms with Crippen molar-refractivity contribution in [2.75, 3.05) is 12.8 Å². The van der Waals surface area contributed by atoms with E-state index in [0.29, 0.717) is 17.0 Å². The highest BCUT2D eigenvalue weighted by molar-refractivity contribution is 5.61. The van der Waals surface area contributed by atoms with Gasteiger partial charge in [-0.05, 0) is 12.1 Å². The van der Waals surface area contributed by atoms with Gasteiger partial charge in [0.05, 0.1) is 19.0 Å². The quantitative estimate of drug-likeness (QED) is 0.789. The van der Waals surface area contributed by atoms with Crippen molar-refractivity contribution in [1.29, 1.82) is 0 Å². The summed E-state index contributed by atoms with van der Waals surface area (Å²) in [5.74, 6) is 0.363. The number of anilines is 1. The van der Waals surface area contributed by atoms with Crippen LogP contribution in [0.3, 0.4) is 0 Å². The Balaban J connectivity index is 2.45. The number of ether oxygens (including phenoxy) is 1. The van der Waals surface area contributed by atoms with Gasteiger partial charge in [-0.25, -0.2) is 9.37 Å². The van der Waals surface area contributed by atoms with Crippen LogP contribution >= 0.6 is 0 Å². The van der Waals surface area contributed by atoms with Crippen LogP contribution in [0.25, 0.3) is 11.3 Å². The summed E-state index contributed by atoms with van der Waals surface area (Å²) in [7, 11) is 1.49. The number of nitrogen functional groups attached to an aromatic ring is 1. The minimum absolute atomic E-state index is 0.264. The van der Waals surface area contributed by atoms with Crippen LogP contribution in [0.5, 0.6) is 5.75 Å². The zero-order chi connectivity index (χ0) is 10.8. The fourth-order valence-corrected chi connectivity index (χ4v) is 1.31. The van der Waals surface area contributed by atoms with E-state index >= 15 is 0 Å². The van der Waals surface area contributed by atoms with E-state index in [0.717, 1.165) is 0 Å². The largest absolute Gasteiger partial charge is 0.497 e. The van der Waals surface area contributed by atoms with E-state index in [-0.39, 0.29) is 11.8 Å². The first-order valence-corrected chi connectivity index (χ1v) is 4.35. The Morgan fingerprint density at radius 1 is 1.47 bits per heavy atom. The Bertz CT molecular complexity index is 481. The third kappa shape index (κ3) is 1.76. The molecule has 0 saturated carbocycles. The molecule has 0 saturated heterocycles. The van der Waals surface area contributed by atoms with Gasteiger partial charge in [-0.2, -0.15) is 0 Å². The molecule has 0 amide bonds. The monoisotopic (exact) mass is 207 g/mol. The Morgan fingerprint density at radius 2 is 2.27 bits per heavy atom. The van der Waals surface area contributed by atoms with E-state index < -0.39 is 0 Å². The Morgan fingerprint density at radius 3 is 2.80 bits per heavy atom. The number of methoxy groups -OCH3 is 1. The van der Waals surface area contributed by atoms with Crippen LogP contribution in [0.15, 0.2) is 24.4 Å². The molecule has 5 heteroatoms. The molecule has 0 spiro atoms. The number of rotatable bonds is 2. The minimum atomic E-state index is -0.377. The molecule has 15 heavy (non-hydrogen) atoms. The molecule has 4 nitrogen and oxygen atoms in total. The molecule has 78 valence electrons. The van der Waals surface area contributed by atoms with E-state index in [2.05, 4.69) is 9.97 Å². The van der Waals surface area contributed by atoms with Gasteiger partial charge < -0.3 is 15.5 Å². The van der Waals surface area contributed by atoms with Gasteiger partial charge in [0, 0.05) is 11.6 Å². The first-order valence-electron chi connectivity index (χ1n) is 4.35. The van der Waals surface area contributed by atoms with Crippen molar-refractivity contribution in [3.05, 3.63) is 30.2 Å². The number of nitrogens with two attached hydrogens (primary N) is 1. The molecule has 0 atom stereocenters. The van der Waals surface area contributed by atoms with Crippen LogP contribution < -0.4 is 10.5 Å². The Kier molecular flexibility index (Phi) is 2.29. The zero-order valence-electron chi connectivity index (χ0n) is 8.12. The van der Waals surface area contributed by atoms with Crippen molar-refractivity contribution in [2.45, 2.75) is 0 Å². The summed E-state index contributed by atoms with van der Waals surface area (Å²) in [4.78, 5) is 6.56. The molecule has 1 aromatic carbocycles. The van der Waals surface area contributed by atoms with Crippen molar-refractivity contribution in [3.8, 4) is 17.0 Å². The maximum atomic E-state index is 13.6. The second-order valence-electron chi connectivity index (χ2n) is 3.03. The molecule has 0 fully saturated rings. The first kappa shape index (κ1) is 9.51. The molecule has 0 aliphatic heterocycles. The molecule has 3 N–H and O–H groups in total. The molecule has 1 heterocycles. The number of nitrogens with one attached hydrogen (secondary N) is 1. The summed E-state index contributed by atoms with van der Waals surface area (Å²) < 4.78 is 18.5. The van der Waals surface area contributed by atoms with Gasteiger partial charge in [0.2, 0.25) is 0 Å². The van der Waals surface area contributed by atoms with Crippen LogP contribution in [-0.2, 0) is 0 Å². The van der Waals surface area contributed by atoms with E-state index in [1.807, 2.05) is 0 Å². The van der Waals surface area contributed by atoms with Crippen molar-refractivity contribution >= 4 is 5.95 Å². The molecule has 0 radical (unpaired) electrons. The van der Waals surface area contributed by atoms with Crippen LogP contribution in [0.1, 0.15) is 0 Å². The number of aromatic nitrogens is 2. The van der Waals surface area contributed by atoms with Gasteiger partial charge in [0.15, 0.2) is 5.95 Å². The van der Waals surface area contributed by atoms with Gasteiger partial charge in [-0.3, -0.25) is 0 Å². The number of hydrogen-bond acceptors (Lipinski definition) is 3. The Hall–Kier alpha value is -2.04. The molecular weight excluding hydrogens is 197 g/mol. The van der Waals surface area contributed by atoms with E-state index in [1.54, 1.807) is 12.1 Å². The number of hydrogen-bond donors (Lipinski definition) is 2. The number of halogens is 1. The summed E-state index contributed by atoms with van der Waals surface area (Å²) in [6, 6.07) is 4.60. The van der Waals surface area contributed by atoms with Crippen molar-refractivity contribution in [2.24, 2.45) is 0 Å². The predicted octanol–water partition coefficient (Wildman–Crippen LogP) is 1.81. The predicted molar refractivity (Wildman–Crippen MR) is 54.9 cm³/mol. The highest BCUT2D eigenvalue weighted by atomic mass is 19.1. The van der Waals surface area contributed by atoms with Gasteiger partial charge in [-0.15, -0.1) is 0 Å². The average Bonchev–Trinajstić information content (AvgIpc) is 2.64. The lowest BCUT2D eigenvalue weighted by Gasteiger charge is -2.03. The smallest absolute Gasteiger partial charge is 0.197 e. The third-order valence-electron chi connectivity index (χ3n) is 2.06. The highest BCUT2D eigenvalue weighted by Gasteiger charge is 2.08. The first-order chi connectivity index (χ1) is 7.20. The molecule has 0 bridgehead atoms. The number of aromatic amines is 1. The fourth-order valence-electron chi connectivity index (χ4n) is 1.31. The number of benzene rings is 1. The summed E-state index contributed by atoms with van der Waals surface area (Å²) in [5.41, 5.74) is 6.37. The molecule has 0 unspecified atom stereocenters. The standard InChI is InChI=1S/C10H10FN3O/c1-15-6-2-3-7(8(11)4-6)9-5-13-10(12)14-9/h2-5H,1H3,(H3,12,13,14). The third-order valence-corrected chi connectivity index (χ3v) is 2.06. The lowest BCUT2D eigenvalue weighted by atomic mass is 10.1. The topological polar surface area (TPSA) is 63.9 Å². The van der Waals surface area contributed by atoms with Crippen molar-refractivity contribution in [3.63, 3.8) is 0 Å². The lowest BCUT2D eigenvalue weighted by molar-refractivity contribution is 0.411. The van der Waals surface area contributed by atoms with Gasteiger partial charge in [0.1, 0.15) is 11.6 Å². The SMILES string of the molecule is COc1ccc(-c2cnc(N)[nH]2)c(F)c1. The summed E-state index contributed by atoms with van der Waals surface area (Å²) in [6.45, 7) is 0. The molecule has 0 aliphatic carbocycles. The molecule has 1 aromatic heterocycles. The summed E-state index contributed by atoms with van der Waals surface area (Å²) in [5, 5.41) is 0.